The minimum absolute atomic E-state index is 0.0873. The Hall–Kier alpha value is -2.24. The summed E-state index contributed by atoms with van der Waals surface area (Å²) in [6, 6.07) is 2.28. The second kappa shape index (κ2) is 6.34. The minimum atomic E-state index is -0.0873. The average molecular weight is 327 g/mol. The number of anilines is 1. The lowest BCUT2D eigenvalue weighted by Crippen LogP contribution is -2.40. The third-order valence-corrected chi connectivity index (χ3v) is 4.93. The molecule has 2 fully saturated rings. The van der Waals surface area contributed by atoms with E-state index in [2.05, 4.69) is 15.0 Å². The highest BCUT2D eigenvalue weighted by atomic mass is 16.5. The zero-order valence-electron chi connectivity index (χ0n) is 13.6. The molecule has 1 saturated carbocycles. The van der Waals surface area contributed by atoms with Crippen molar-refractivity contribution in [1.29, 1.82) is 5.26 Å². The molecule has 1 atom stereocenters. The first-order valence-electron chi connectivity index (χ1n) is 8.58. The first kappa shape index (κ1) is 15.3. The quantitative estimate of drug-likeness (QED) is 0.679. The van der Waals surface area contributed by atoms with Crippen LogP contribution in [0.3, 0.4) is 0 Å². The fourth-order valence-electron chi connectivity index (χ4n) is 3.64. The Kier molecular flexibility index (Phi) is 4.04. The Morgan fingerprint density at radius 3 is 2.71 bits per heavy atom. The third-order valence-electron chi connectivity index (χ3n) is 4.93. The van der Waals surface area contributed by atoms with E-state index in [4.69, 9.17) is 10.6 Å². The molecule has 0 aromatic carbocycles. The van der Waals surface area contributed by atoms with E-state index in [9.17, 15) is 5.26 Å². The minimum Gasteiger partial charge on any atom is -0.358 e. The maximum absolute atomic E-state index is 9.31. The van der Waals surface area contributed by atoms with Gasteiger partial charge in [0.2, 0.25) is 5.82 Å². The van der Waals surface area contributed by atoms with Gasteiger partial charge in [0.25, 0.3) is 0 Å². The molecule has 0 radical (unpaired) electrons. The summed E-state index contributed by atoms with van der Waals surface area (Å²) >= 11 is 0. The Balaban J connectivity index is 1.79. The van der Waals surface area contributed by atoms with Crippen molar-refractivity contribution in [2.75, 3.05) is 11.6 Å². The van der Waals surface area contributed by atoms with E-state index in [0.717, 1.165) is 38.7 Å². The number of hydrogen-bond donors (Lipinski definition) is 1. The molecule has 0 spiro atoms. The molecule has 3 heterocycles. The highest BCUT2D eigenvalue weighted by Gasteiger charge is 2.27. The highest BCUT2D eigenvalue weighted by Crippen LogP contribution is 2.31. The van der Waals surface area contributed by atoms with Gasteiger partial charge in [-0.2, -0.15) is 15.2 Å². The van der Waals surface area contributed by atoms with Crippen LogP contribution in [0.25, 0.3) is 11.2 Å². The molecule has 1 saturated heterocycles. The van der Waals surface area contributed by atoms with Crippen LogP contribution in [0.1, 0.15) is 57.0 Å². The topological polar surface area (TPSA) is 106 Å². The molecular formula is C16H21N7O. The van der Waals surface area contributed by atoms with Crippen molar-refractivity contribution < 1.29 is 4.74 Å². The maximum Gasteiger partial charge on any atom is 0.236 e. The Bertz CT molecular complexity index is 769. The van der Waals surface area contributed by atoms with Crippen LogP contribution in [-0.4, -0.2) is 32.2 Å². The third kappa shape index (κ3) is 2.60. The van der Waals surface area contributed by atoms with E-state index in [-0.39, 0.29) is 18.1 Å². The normalized spacial score (nSPS) is 21.9. The van der Waals surface area contributed by atoms with Gasteiger partial charge in [-0.05, 0) is 32.1 Å². The van der Waals surface area contributed by atoms with Crippen molar-refractivity contribution in [2.24, 2.45) is 5.84 Å². The summed E-state index contributed by atoms with van der Waals surface area (Å²) < 4.78 is 7.74. The van der Waals surface area contributed by atoms with Crippen molar-refractivity contribution in [2.45, 2.75) is 57.2 Å². The van der Waals surface area contributed by atoms with Gasteiger partial charge in [0, 0.05) is 12.6 Å². The van der Waals surface area contributed by atoms with Crippen molar-refractivity contribution in [1.82, 2.24) is 19.5 Å². The number of aromatic nitrogens is 4. The molecule has 2 aliphatic rings. The van der Waals surface area contributed by atoms with Gasteiger partial charge in [-0.25, -0.2) is 10.8 Å². The Morgan fingerprint density at radius 1 is 1.21 bits per heavy atom. The first-order chi connectivity index (χ1) is 11.8. The lowest BCUT2D eigenvalue weighted by atomic mass is 10.2. The summed E-state index contributed by atoms with van der Waals surface area (Å²) in [5, 5.41) is 11.0. The van der Waals surface area contributed by atoms with Crippen LogP contribution in [0.4, 0.5) is 5.82 Å². The largest absolute Gasteiger partial charge is 0.358 e. The van der Waals surface area contributed by atoms with Crippen molar-refractivity contribution in [3.05, 3.63) is 12.2 Å². The molecule has 0 amide bonds. The Labute approximate surface area is 140 Å². The van der Waals surface area contributed by atoms with Gasteiger partial charge in [0.05, 0.1) is 6.33 Å². The van der Waals surface area contributed by atoms with Crippen LogP contribution in [0.5, 0.6) is 0 Å². The fourth-order valence-corrected chi connectivity index (χ4v) is 3.64. The van der Waals surface area contributed by atoms with E-state index >= 15 is 0 Å². The smallest absolute Gasteiger partial charge is 0.236 e. The van der Waals surface area contributed by atoms with Gasteiger partial charge in [0.1, 0.15) is 12.3 Å². The number of hydrogen-bond acceptors (Lipinski definition) is 7. The van der Waals surface area contributed by atoms with E-state index in [1.807, 2.05) is 10.6 Å². The van der Waals surface area contributed by atoms with Crippen LogP contribution >= 0.6 is 0 Å². The number of rotatable bonds is 3. The summed E-state index contributed by atoms with van der Waals surface area (Å²) in [6.45, 7) is 0.735. The highest BCUT2D eigenvalue weighted by molar-refractivity contribution is 5.84. The van der Waals surface area contributed by atoms with Crippen LogP contribution < -0.4 is 10.9 Å². The van der Waals surface area contributed by atoms with Crippen LogP contribution in [0.2, 0.25) is 0 Å². The summed E-state index contributed by atoms with van der Waals surface area (Å²) in [6.07, 6.45) is 9.15. The van der Waals surface area contributed by atoms with Gasteiger partial charge < -0.3 is 4.74 Å². The molecule has 2 aromatic heterocycles. The van der Waals surface area contributed by atoms with Crippen LogP contribution in [0, 0.1) is 11.3 Å². The summed E-state index contributed by atoms with van der Waals surface area (Å²) in [7, 11) is 0. The van der Waals surface area contributed by atoms with Gasteiger partial charge in [0.15, 0.2) is 17.0 Å². The van der Waals surface area contributed by atoms with Crippen LogP contribution in [0.15, 0.2) is 6.33 Å². The Morgan fingerprint density at radius 2 is 2.00 bits per heavy atom. The molecule has 0 bridgehead atoms. The lowest BCUT2D eigenvalue weighted by Gasteiger charge is -2.25. The zero-order chi connectivity index (χ0) is 16.5. The van der Waals surface area contributed by atoms with Gasteiger partial charge in [-0.15, -0.1) is 0 Å². The molecular weight excluding hydrogens is 306 g/mol. The standard InChI is InChI=1S/C16H21N7O/c17-9-12-20-15-14(16(21-12)23(18)11-5-1-2-6-11)19-10-22(15)13-7-3-4-8-24-13/h10-11,13H,1-8,18H2. The molecule has 4 rings (SSSR count). The molecule has 1 unspecified atom stereocenters. The number of nitrogens with zero attached hydrogens (tertiary/aromatic N) is 6. The number of ether oxygens (including phenoxy) is 1. The maximum atomic E-state index is 9.31. The van der Waals surface area contributed by atoms with Crippen molar-refractivity contribution in [3.63, 3.8) is 0 Å². The van der Waals surface area contributed by atoms with E-state index < -0.39 is 0 Å². The molecule has 24 heavy (non-hydrogen) atoms. The molecule has 1 aliphatic carbocycles. The molecule has 126 valence electrons. The second-order valence-corrected chi connectivity index (χ2v) is 6.47. The predicted octanol–water partition coefficient (Wildman–Crippen LogP) is 2.02. The fraction of sp³-hybridized carbons (Fsp3) is 0.625. The van der Waals surface area contributed by atoms with Crippen molar-refractivity contribution in [3.8, 4) is 6.07 Å². The summed E-state index contributed by atoms with van der Waals surface area (Å²) in [5.74, 6) is 6.99. The van der Waals surface area contributed by atoms with Crippen LogP contribution in [-0.2, 0) is 4.74 Å². The number of imidazole rings is 1. The van der Waals surface area contributed by atoms with E-state index in [1.54, 1.807) is 11.3 Å². The average Bonchev–Trinajstić information content (AvgIpc) is 3.30. The monoisotopic (exact) mass is 327 g/mol. The lowest BCUT2D eigenvalue weighted by molar-refractivity contribution is -0.0298. The number of hydrazine groups is 1. The van der Waals surface area contributed by atoms with Crippen molar-refractivity contribution >= 4 is 17.0 Å². The summed E-state index contributed by atoms with van der Waals surface area (Å²) in [5.41, 5.74) is 1.26. The SMILES string of the molecule is N#Cc1nc(N(N)C2CCCC2)c2ncn(C3CCCCO3)c2n1. The molecule has 2 aromatic rings. The molecule has 8 nitrogen and oxygen atoms in total. The molecule has 8 heteroatoms. The van der Waals surface area contributed by atoms with Gasteiger partial charge in [-0.3, -0.25) is 9.58 Å². The van der Waals surface area contributed by atoms with Gasteiger partial charge >= 0.3 is 0 Å². The van der Waals surface area contributed by atoms with E-state index in [1.165, 1.54) is 12.8 Å². The predicted molar refractivity (Wildman–Crippen MR) is 87.8 cm³/mol. The van der Waals surface area contributed by atoms with Gasteiger partial charge in [-0.1, -0.05) is 12.8 Å². The first-order valence-corrected chi connectivity index (χ1v) is 8.58. The zero-order valence-corrected chi connectivity index (χ0v) is 13.6. The summed E-state index contributed by atoms with van der Waals surface area (Å²) in [4.78, 5) is 13.2. The number of nitriles is 1. The molecule has 2 N–H and O–H groups in total. The molecule has 1 aliphatic heterocycles. The van der Waals surface area contributed by atoms with E-state index in [0.29, 0.717) is 17.0 Å². The number of fused-ring (bicyclic) bond motifs is 1. The second-order valence-electron chi connectivity index (χ2n) is 6.47. The number of nitrogens with two attached hydrogens (primary N) is 1.